The van der Waals surface area contributed by atoms with Gasteiger partial charge in [0.15, 0.2) is 0 Å². The Morgan fingerprint density at radius 1 is 1.53 bits per heavy atom. The van der Waals surface area contributed by atoms with Crippen LogP contribution in [0.15, 0.2) is 17.5 Å². The molecule has 1 heterocycles. The normalized spacial score (nSPS) is 11.1. The number of hydrogen-bond donors (Lipinski definition) is 2. The number of carboxylic acid groups (broad SMARTS) is 1. The predicted octanol–water partition coefficient (Wildman–Crippen LogP) is 1.89. The summed E-state index contributed by atoms with van der Waals surface area (Å²) in [7, 11) is 0. The zero-order chi connectivity index (χ0) is 14.3. The third kappa shape index (κ3) is 6.73. The van der Waals surface area contributed by atoms with E-state index in [1.165, 1.54) is 17.4 Å². The molecule has 0 aliphatic rings. The molecule has 19 heavy (non-hydrogen) atoms. The van der Waals surface area contributed by atoms with Gasteiger partial charge in [-0.05, 0) is 36.9 Å². The summed E-state index contributed by atoms with van der Waals surface area (Å²) >= 11 is 1.47. The summed E-state index contributed by atoms with van der Waals surface area (Å²) in [5.41, 5.74) is 0.815. The zero-order valence-corrected chi connectivity index (χ0v) is 11.7. The van der Waals surface area contributed by atoms with Gasteiger partial charge in [0, 0.05) is 11.0 Å². The van der Waals surface area contributed by atoms with Crippen molar-refractivity contribution in [3.05, 3.63) is 28.0 Å². The number of amides is 1. The molecule has 1 amide bonds. The SMILES string of the molecule is CC(C)OCC(=O)NCc1cc(/C=C/C(=O)O)cs1. The maximum absolute atomic E-state index is 11.4. The lowest BCUT2D eigenvalue weighted by molar-refractivity contribution is -0.131. The van der Waals surface area contributed by atoms with Crippen LogP contribution in [0.2, 0.25) is 0 Å². The minimum Gasteiger partial charge on any atom is -0.478 e. The molecule has 0 saturated carbocycles. The van der Waals surface area contributed by atoms with Crippen LogP contribution >= 0.6 is 11.3 Å². The fourth-order valence-electron chi connectivity index (χ4n) is 1.22. The van der Waals surface area contributed by atoms with E-state index in [0.717, 1.165) is 16.5 Å². The summed E-state index contributed by atoms with van der Waals surface area (Å²) in [6.07, 6.45) is 2.63. The van der Waals surface area contributed by atoms with Gasteiger partial charge >= 0.3 is 5.97 Å². The van der Waals surface area contributed by atoms with Crippen LogP contribution in [0.25, 0.3) is 6.08 Å². The number of ether oxygens (including phenoxy) is 1. The molecule has 0 aliphatic heterocycles. The van der Waals surface area contributed by atoms with E-state index in [1.54, 1.807) is 0 Å². The molecule has 104 valence electrons. The van der Waals surface area contributed by atoms with Crippen molar-refractivity contribution < 1.29 is 19.4 Å². The van der Waals surface area contributed by atoms with Crippen molar-refractivity contribution in [1.82, 2.24) is 5.32 Å². The predicted molar refractivity (Wildman–Crippen MR) is 73.9 cm³/mol. The number of carboxylic acids is 1. The van der Waals surface area contributed by atoms with E-state index < -0.39 is 5.97 Å². The van der Waals surface area contributed by atoms with Crippen molar-refractivity contribution in [2.24, 2.45) is 0 Å². The molecule has 0 radical (unpaired) electrons. The summed E-state index contributed by atoms with van der Waals surface area (Å²) in [5.74, 6) is -1.14. The van der Waals surface area contributed by atoms with Crippen LogP contribution in [0.3, 0.4) is 0 Å². The van der Waals surface area contributed by atoms with Crippen molar-refractivity contribution in [3.8, 4) is 0 Å². The summed E-state index contributed by atoms with van der Waals surface area (Å²) in [4.78, 5) is 22.7. The first-order valence-electron chi connectivity index (χ1n) is 5.84. The lowest BCUT2D eigenvalue weighted by atomic mass is 10.3. The van der Waals surface area contributed by atoms with Crippen molar-refractivity contribution in [2.45, 2.75) is 26.5 Å². The Kier molecular flexibility index (Phi) is 6.24. The maximum Gasteiger partial charge on any atom is 0.328 e. The Morgan fingerprint density at radius 3 is 2.89 bits per heavy atom. The molecule has 0 aliphatic carbocycles. The van der Waals surface area contributed by atoms with Crippen molar-refractivity contribution in [3.63, 3.8) is 0 Å². The number of carbonyl (C=O) groups is 2. The minimum atomic E-state index is -0.980. The first-order valence-corrected chi connectivity index (χ1v) is 6.72. The molecular weight excluding hydrogens is 266 g/mol. The van der Waals surface area contributed by atoms with E-state index in [9.17, 15) is 9.59 Å². The molecule has 0 aromatic carbocycles. The molecule has 0 saturated heterocycles. The Labute approximate surface area is 115 Å². The Morgan fingerprint density at radius 2 is 2.26 bits per heavy atom. The highest BCUT2D eigenvalue weighted by atomic mass is 32.1. The standard InChI is InChI=1S/C13H17NO4S/c1-9(2)18-7-12(15)14-6-11-5-10(8-19-11)3-4-13(16)17/h3-5,8-9H,6-7H2,1-2H3,(H,14,15)(H,16,17)/b4-3+. The summed E-state index contributed by atoms with van der Waals surface area (Å²) < 4.78 is 5.18. The Balaban J connectivity index is 2.38. The minimum absolute atomic E-state index is 0.0280. The molecule has 1 aromatic rings. The smallest absolute Gasteiger partial charge is 0.328 e. The Bertz CT molecular complexity index is 465. The van der Waals surface area contributed by atoms with E-state index in [0.29, 0.717) is 6.54 Å². The molecule has 0 fully saturated rings. The molecule has 5 nitrogen and oxygen atoms in total. The topological polar surface area (TPSA) is 75.6 Å². The quantitative estimate of drug-likeness (QED) is 0.749. The van der Waals surface area contributed by atoms with Gasteiger partial charge < -0.3 is 15.2 Å². The third-order valence-electron chi connectivity index (χ3n) is 2.10. The van der Waals surface area contributed by atoms with E-state index in [4.69, 9.17) is 9.84 Å². The molecule has 1 rings (SSSR count). The highest BCUT2D eigenvalue weighted by molar-refractivity contribution is 7.10. The van der Waals surface area contributed by atoms with E-state index in [2.05, 4.69) is 5.32 Å². The largest absolute Gasteiger partial charge is 0.478 e. The number of nitrogens with one attached hydrogen (secondary N) is 1. The molecule has 2 N–H and O–H groups in total. The van der Waals surface area contributed by atoms with Gasteiger partial charge in [-0.15, -0.1) is 11.3 Å². The zero-order valence-electron chi connectivity index (χ0n) is 10.9. The van der Waals surface area contributed by atoms with Gasteiger partial charge in [-0.1, -0.05) is 0 Å². The van der Waals surface area contributed by atoms with Crippen LogP contribution in [0.4, 0.5) is 0 Å². The summed E-state index contributed by atoms with van der Waals surface area (Å²) in [6.45, 7) is 4.21. The number of aliphatic carboxylic acids is 1. The molecular formula is C13H17NO4S. The Hall–Kier alpha value is -1.66. The summed E-state index contributed by atoms with van der Waals surface area (Å²) in [5, 5.41) is 13.1. The molecule has 0 atom stereocenters. The fraction of sp³-hybridized carbons (Fsp3) is 0.385. The highest BCUT2D eigenvalue weighted by Crippen LogP contribution is 2.15. The van der Waals surface area contributed by atoms with Gasteiger partial charge in [-0.2, -0.15) is 0 Å². The first kappa shape index (κ1) is 15.4. The number of thiophene rings is 1. The number of rotatable bonds is 7. The summed E-state index contributed by atoms with van der Waals surface area (Å²) in [6, 6.07) is 1.84. The van der Waals surface area contributed by atoms with Gasteiger partial charge in [-0.3, -0.25) is 4.79 Å². The second-order valence-electron chi connectivity index (χ2n) is 4.15. The second-order valence-corrected chi connectivity index (χ2v) is 5.15. The van der Waals surface area contributed by atoms with Crippen molar-refractivity contribution in [2.75, 3.05) is 6.61 Å². The van der Waals surface area contributed by atoms with Gasteiger partial charge in [0.1, 0.15) is 6.61 Å². The number of carbonyl (C=O) groups excluding carboxylic acids is 1. The van der Waals surface area contributed by atoms with E-state index in [1.807, 2.05) is 25.3 Å². The molecule has 0 spiro atoms. The average Bonchev–Trinajstić information content (AvgIpc) is 2.79. The molecule has 0 unspecified atom stereocenters. The van der Waals surface area contributed by atoms with E-state index in [-0.39, 0.29) is 18.6 Å². The van der Waals surface area contributed by atoms with Crippen LogP contribution in [-0.4, -0.2) is 29.7 Å². The lowest BCUT2D eigenvalue weighted by Crippen LogP contribution is -2.28. The molecule has 6 heteroatoms. The van der Waals surface area contributed by atoms with Crippen molar-refractivity contribution >= 4 is 29.3 Å². The monoisotopic (exact) mass is 283 g/mol. The fourth-order valence-corrected chi connectivity index (χ4v) is 2.02. The van der Waals surface area contributed by atoms with Crippen molar-refractivity contribution in [1.29, 1.82) is 0 Å². The second kappa shape index (κ2) is 7.70. The van der Waals surface area contributed by atoms with Gasteiger partial charge in [0.05, 0.1) is 12.6 Å². The maximum atomic E-state index is 11.4. The van der Waals surface area contributed by atoms with Crippen LogP contribution in [0, 0.1) is 0 Å². The lowest BCUT2D eigenvalue weighted by Gasteiger charge is -2.07. The van der Waals surface area contributed by atoms with Gasteiger partial charge in [-0.25, -0.2) is 4.79 Å². The first-order chi connectivity index (χ1) is 8.97. The van der Waals surface area contributed by atoms with Crippen LogP contribution in [0.1, 0.15) is 24.3 Å². The van der Waals surface area contributed by atoms with Gasteiger partial charge in [0.2, 0.25) is 5.91 Å². The van der Waals surface area contributed by atoms with Crippen LogP contribution < -0.4 is 5.32 Å². The number of hydrogen-bond acceptors (Lipinski definition) is 4. The average molecular weight is 283 g/mol. The van der Waals surface area contributed by atoms with Crippen LogP contribution in [-0.2, 0) is 20.9 Å². The van der Waals surface area contributed by atoms with E-state index >= 15 is 0 Å². The third-order valence-corrected chi connectivity index (χ3v) is 3.05. The molecule has 1 aromatic heterocycles. The highest BCUT2D eigenvalue weighted by Gasteiger charge is 2.04. The molecule has 0 bridgehead atoms. The van der Waals surface area contributed by atoms with Crippen LogP contribution in [0.5, 0.6) is 0 Å². The van der Waals surface area contributed by atoms with Gasteiger partial charge in [0.25, 0.3) is 0 Å².